The molecule has 0 amide bonds. The second-order valence-corrected chi connectivity index (χ2v) is 5.74. The molecule has 1 aromatic rings. The first-order valence-corrected chi connectivity index (χ1v) is 7.89. The van der Waals surface area contributed by atoms with Gasteiger partial charge < -0.3 is 15.0 Å². The number of hydrogen-bond donors (Lipinski definition) is 1. The van der Waals surface area contributed by atoms with Crippen LogP contribution < -0.4 is 10.1 Å². The summed E-state index contributed by atoms with van der Waals surface area (Å²) in [5.74, 6) is 0.240. The zero-order chi connectivity index (χ0) is 15.1. The number of hydrogen-bond acceptors (Lipinski definition) is 4. The molecule has 0 saturated carbocycles. The van der Waals surface area contributed by atoms with E-state index in [1.165, 1.54) is 25.1 Å². The smallest absolute Gasteiger partial charge is 0.218 e. The van der Waals surface area contributed by atoms with E-state index in [-0.39, 0.29) is 5.82 Å². The molecule has 5 heteroatoms. The molecule has 21 heavy (non-hydrogen) atoms. The van der Waals surface area contributed by atoms with Crippen molar-refractivity contribution in [3.63, 3.8) is 0 Å². The van der Waals surface area contributed by atoms with Gasteiger partial charge in [0.25, 0.3) is 0 Å². The molecular weight excluding hydrogens is 269 g/mol. The first kappa shape index (κ1) is 16.2. The summed E-state index contributed by atoms with van der Waals surface area (Å²) >= 11 is 0. The predicted octanol–water partition coefficient (Wildman–Crippen LogP) is 2.58. The first-order chi connectivity index (χ1) is 10.2. The molecule has 1 N–H and O–H groups in total. The summed E-state index contributed by atoms with van der Waals surface area (Å²) in [6.07, 6.45) is 5.93. The van der Waals surface area contributed by atoms with Gasteiger partial charge in [-0.2, -0.15) is 0 Å². The maximum atomic E-state index is 13.4. The van der Waals surface area contributed by atoms with Gasteiger partial charge in [0.2, 0.25) is 5.88 Å². The Hall–Kier alpha value is -1.20. The van der Waals surface area contributed by atoms with Crippen molar-refractivity contribution in [3.05, 3.63) is 23.6 Å². The third-order valence-electron chi connectivity index (χ3n) is 3.97. The Balaban J connectivity index is 1.94. The van der Waals surface area contributed by atoms with Crippen molar-refractivity contribution in [2.45, 2.75) is 45.2 Å². The Morgan fingerprint density at radius 1 is 1.48 bits per heavy atom. The fourth-order valence-electron chi connectivity index (χ4n) is 2.65. The van der Waals surface area contributed by atoms with Gasteiger partial charge in [0.05, 0.1) is 6.20 Å². The summed E-state index contributed by atoms with van der Waals surface area (Å²) in [6.45, 7) is 5.34. The molecule has 1 atom stereocenters. The minimum Gasteiger partial charge on any atom is -0.476 e. The molecular formula is C16H26FN3O. The second kappa shape index (κ2) is 8.29. The largest absolute Gasteiger partial charge is 0.476 e. The molecule has 1 saturated heterocycles. The average molecular weight is 295 g/mol. The number of nitrogens with zero attached hydrogens (tertiary/aromatic N) is 2. The molecule has 1 unspecified atom stereocenters. The van der Waals surface area contributed by atoms with Crippen LogP contribution in [0.4, 0.5) is 4.39 Å². The molecule has 2 rings (SSSR count). The first-order valence-electron chi connectivity index (χ1n) is 7.89. The van der Waals surface area contributed by atoms with Gasteiger partial charge in [-0.1, -0.05) is 13.3 Å². The summed E-state index contributed by atoms with van der Waals surface area (Å²) in [5, 5.41) is 3.27. The maximum absolute atomic E-state index is 13.4. The molecule has 0 radical (unpaired) electrons. The molecule has 1 aliphatic heterocycles. The molecule has 1 aromatic heterocycles. The number of ether oxygens (including phenoxy) is 1. The van der Waals surface area contributed by atoms with Crippen LogP contribution >= 0.6 is 0 Å². The van der Waals surface area contributed by atoms with Crippen molar-refractivity contribution >= 4 is 0 Å². The minimum atomic E-state index is -0.314. The topological polar surface area (TPSA) is 37.4 Å². The van der Waals surface area contributed by atoms with Gasteiger partial charge in [0.15, 0.2) is 0 Å². The van der Waals surface area contributed by atoms with Crippen LogP contribution in [-0.4, -0.2) is 42.7 Å². The molecule has 118 valence electrons. The number of nitrogens with one attached hydrogen (secondary N) is 1. The van der Waals surface area contributed by atoms with Crippen LogP contribution in [0.25, 0.3) is 0 Å². The van der Waals surface area contributed by atoms with E-state index in [0.29, 0.717) is 25.1 Å². The van der Waals surface area contributed by atoms with E-state index in [9.17, 15) is 4.39 Å². The second-order valence-electron chi connectivity index (χ2n) is 5.74. The number of likely N-dealkylation sites (N-methyl/N-ethyl adjacent to an activating group) is 1. The molecule has 0 spiro atoms. The third-order valence-corrected chi connectivity index (χ3v) is 3.97. The van der Waals surface area contributed by atoms with Gasteiger partial charge >= 0.3 is 0 Å². The lowest BCUT2D eigenvalue weighted by atomic mass is 10.0. The molecule has 0 aromatic carbocycles. The fraction of sp³-hybridized carbons (Fsp3) is 0.688. The van der Waals surface area contributed by atoms with Crippen LogP contribution in [0, 0.1) is 5.82 Å². The standard InChI is InChI=1S/C16H26FN3O/c1-3-7-18-10-13-9-14(17)11-19-16(13)21-12-15-6-4-5-8-20(15)2/h9,11,15,18H,3-8,10,12H2,1-2H3. The monoisotopic (exact) mass is 295 g/mol. The van der Waals surface area contributed by atoms with Gasteiger partial charge in [-0.05, 0) is 45.5 Å². The normalized spacial score (nSPS) is 19.7. The van der Waals surface area contributed by atoms with Crippen LogP contribution in [0.3, 0.4) is 0 Å². The van der Waals surface area contributed by atoms with E-state index in [0.717, 1.165) is 31.5 Å². The van der Waals surface area contributed by atoms with Crippen molar-refractivity contribution in [3.8, 4) is 5.88 Å². The zero-order valence-electron chi connectivity index (χ0n) is 13.1. The Morgan fingerprint density at radius 2 is 2.33 bits per heavy atom. The molecule has 2 heterocycles. The quantitative estimate of drug-likeness (QED) is 0.785. The number of likely N-dealkylation sites (tertiary alicyclic amines) is 1. The highest BCUT2D eigenvalue weighted by Gasteiger charge is 2.20. The van der Waals surface area contributed by atoms with Gasteiger partial charge in [0, 0.05) is 18.2 Å². The van der Waals surface area contributed by atoms with Crippen molar-refractivity contribution in [1.29, 1.82) is 0 Å². The maximum Gasteiger partial charge on any atom is 0.218 e. The van der Waals surface area contributed by atoms with Crippen molar-refractivity contribution in [2.24, 2.45) is 0 Å². The number of rotatable bonds is 7. The molecule has 0 bridgehead atoms. The van der Waals surface area contributed by atoms with Gasteiger partial charge in [-0.3, -0.25) is 0 Å². The molecule has 4 nitrogen and oxygen atoms in total. The Bertz CT molecular complexity index is 442. The van der Waals surface area contributed by atoms with Gasteiger partial charge in [-0.25, -0.2) is 9.37 Å². The van der Waals surface area contributed by atoms with Crippen LogP contribution in [0.2, 0.25) is 0 Å². The van der Waals surface area contributed by atoms with Crippen molar-refractivity contribution in [1.82, 2.24) is 15.2 Å². The molecule has 1 fully saturated rings. The van der Waals surface area contributed by atoms with Crippen LogP contribution in [0.1, 0.15) is 38.2 Å². The van der Waals surface area contributed by atoms with E-state index in [1.54, 1.807) is 0 Å². The predicted molar refractivity (Wildman–Crippen MR) is 82.0 cm³/mol. The molecule has 0 aliphatic carbocycles. The summed E-state index contributed by atoms with van der Waals surface area (Å²) in [6, 6.07) is 1.94. The van der Waals surface area contributed by atoms with Crippen LogP contribution in [0.15, 0.2) is 12.3 Å². The van der Waals surface area contributed by atoms with Crippen molar-refractivity contribution < 1.29 is 9.13 Å². The lowest BCUT2D eigenvalue weighted by Gasteiger charge is -2.32. The highest BCUT2D eigenvalue weighted by atomic mass is 19.1. The number of piperidine rings is 1. The molecule has 1 aliphatic rings. The Morgan fingerprint density at radius 3 is 3.10 bits per heavy atom. The summed E-state index contributed by atoms with van der Waals surface area (Å²) in [7, 11) is 2.13. The Labute approximate surface area is 126 Å². The van der Waals surface area contributed by atoms with E-state index in [1.807, 2.05) is 0 Å². The van der Waals surface area contributed by atoms with E-state index < -0.39 is 0 Å². The number of halogens is 1. The SMILES string of the molecule is CCCNCc1cc(F)cnc1OCC1CCCCN1C. The number of aromatic nitrogens is 1. The van der Waals surface area contributed by atoms with Crippen molar-refractivity contribution in [2.75, 3.05) is 26.7 Å². The zero-order valence-corrected chi connectivity index (χ0v) is 13.1. The van der Waals surface area contributed by atoms with E-state index >= 15 is 0 Å². The van der Waals surface area contributed by atoms with Gasteiger partial charge in [-0.15, -0.1) is 0 Å². The lowest BCUT2D eigenvalue weighted by molar-refractivity contribution is 0.122. The highest BCUT2D eigenvalue weighted by molar-refractivity contribution is 5.26. The lowest BCUT2D eigenvalue weighted by Crippen LogP contribution is -2.40. The average Bonchev–Trinajstić information content (AvgIpc) is 2.48. The van der Waals surface area contributed by atoms with E-state index in [2.05, 4.69) is 29.2 Å². The summed E-state index contributed by atoms with van der Waals surface area (Å²) in [4.78, 5) is 6.45. The summed E-state index contributed by atoms with van der Waals surface area (Å²) in [5.41, 5.74) is 0.793. The Kier molecular flexibility index (Phi) is 6.39. The van der Waals surface area contributed by atoms with Crippen LogP contribution in [-0.2, 0) is 6.54 Å². The fourth-order valence-corrected chi connectivity index (χ4v) is 2.65. The highest BCUT2D eigenvalue weighted by Crippen LogP contribution is 2.19. The number of pyridine rings is 1. The third kappa shape index (κ3) is 4.93. The van der Waals surface area contributed by atoms with Crippen LogP contribution in [0.5, 0.6) is 5.88 Å². The summed E-state index contributed by atoms with van der Waals surface area (Å²) < 4.78 is 19.2. The minimum absolute atomic E-state index is 0.314. The van der Waals surface area contributed by atoms with E-state index in [4.69, 9.17) is 4.74 Å². The van der Waals surface area contributed by atoms with Gasteiger partial charge in [0.1, 0.15) is 12.4 Å².